The van der Waals surface area contributed by atoms with Gasteiger partial charge in [-0.15, -0.1) is 0 Å². The SMILES string of the molecule is CC(C)c1ccccc1NC(=O)Nc1cccc2ccccc12. The predicted molar refractivity (Wildman–Crippen MR) is 97.1 cm³/mol. The number of carbonyl (C=O) groups excluding carboxylic acids is 1. The topological polar surface area (TPSA) is 41.1 Å². The zero-order chi connectivity index (χ0) is 16.2. The monoisotopic (exact) mass is 304 g/mol. The van der Waals surface area contributed by atoms with E-state index in [1.165, 1.54) is 0 Å². The lowest BCUT2D eigenvalue weighted by molar-refractivity contribution is 0.262. The molecule has 3 rings (SSSR count). The number of urea groups is 1. The molecule has 116 valence electrons. The summed E-state index contributed by atoms with van der Waals surface area (Å²) in [5, 5.41) is 8.04. The van der Waals surface area contributed by atoms with Crippen LogP contribution >= 0.6 is 0 Å². The molecule has 0 aliphatic rings. The van der Waals surface area contributed by atoms with Gasteiger partial charge in [-0.2, -0.15) is 0 Å². The standard InChI is InChI=1S/C20H20N2O/c1-14(2)16-10-5-6-12-18(16)21-20(23)22-19-13-7-9-15-8-3-4-11-17(15)19/h3-14H,1-2H3,(H2,21,22,23). The second-order valence-electron chi connectivity index (χ2n) is 5.85. The Morgan fingerprint density at radius 3 is 2.22 bits per heavy atom. The van der Waals surface area contributed by atoms with Crippen LogP contribution in [-0.4, -0.2) is 6.03 Å². The smallest absolute Gasteiger partial charge is 0.307 e. The van der Waals surface area contributed by atoms with Gasteiger partial charge in [0.1, 0.15) is 0 Å². The number of anilines is 2. The normalized spacial score (nSPS) is 10.7. The summed E-state index contributed by atoms with van der Waals surface area (Å²) in [5.74, 6) is 0.351. The van der Waals surface area contributed by atoms with E-state index in [9.17, 15) is 4.79 Å². The van der Waals surface area contributed by atoms with Gasteiger partial charge in [-0.25, -0.2) is 4.79 Å². The van der Waals surface area contributed by atoms with Crippen LogP contribution in [-0.2, 0) is 0 Å². The maximum Gasteiger partial charge on any atom is 0.323 e. The third-order valence-electron chi connectivity index (χ3n) is 3.87. The molecule has 0 radical (unpaired) electrons. The number of amides is 2. The number of rotatable bonds is 3. The Balaban J connectivity index is 1.82. The fourth-order valence-electron chi connectivity index (χ4n) is 2.72. The zero-order valence-electron chi connectivity index (χ0n) is 13.3. The van der Waals surface area contributed by atoms with Gasteiger partial charge in [-0.1, -0.05) is 68.4 Å². The van der Waals surface area contributed by atoms with Gasteiger partial charge in [-0.3, -0.25) is 0 Å². The third-order valence-corrected chi connectivity index (χ3v) is 3.87. The summed E-state index contributed by atoms with van der Waals surface area (Å²) in [7, 11) is 0. The molecule has 0 fully saturated rings. The number of benzene rings is 3. The molecule has 0 bridgehead atoms. The molecular weight excluding hydrogens is 284 g/mol. The average Bonchev–Trinajstić information content (AvgIpc) is 2.55. The minimum atomic E-state index is -0.227. The maximum atomic E-state index is 12.4. The van der Waals surface area contributed by atoms with Crippen LogP contribution in [0.5, 0.6) is 0 Å². The van der Waals surface area contributed by atoms with Crippen molar-refractivity contribution in [2.45, 2.75) is 19.8 Å². The first-order valence-corrected chi connectivity index (χ1v) is 7.80. The molecule has 2 amide bonds. The van der Waals surface area contributed by atoms with Crippen LogP contribution in [0.1, 0.15) is 25.3 Å². The summed E-state index contributed by atoms with van der Waals surface area (Å²) in [5.41, 5.74) is 2.78. The fourth-order valence-corrected chi connectivity index (χ4v) is 2.72. The second-order valence-corrected chi connectivity index (χ2v) is 5.85. The molecule has 0 saturated heterocycles. The third kappa shape index (κ3) is 3.34. The molecule has 0 atom stereocenters. The molecule has 0 aliphatic heterocycles. The van der Waals surface area contributed by atoms with E-state index >= 15 is 0 Å². The summed E-state index contributed by atoms with van der Waals surface area (Å²) in [6, 6.07) is 21.6. The van der Waals surface area contributed by atoms with Gasteiger partial charge in [0.15, 0.2) is 0 Å². The molecule has 3 nitrogen and oxygen atoms in total. The van der Waals surface area contributed by atoms with Gasteiger partial charge in [-0.05, 0) is 29.0 Å². The number of fused-ring (bicyclic) bond motifs is 1. The molecule has 0 aliphatic carbocycles. The van der Waals surface area contributed by atoms with Crippen LogP contribution in [0, 0.1) is 0 Å². The summed E-state index contributed by atoms with van der Waals surface area (Å²) in [6.45, 7) is 4.23. The molecule has 0 aromatic heterocycles. The lowest BCUT2D eigenvalue weighted by atomic mass is 10.0. The van der Waals surface area contributed by atoms with Crippen molar-refractivity contribution in [3.05, 3.63) is 72.3 Å². The zero-order valence-corrected chi connectivity index (χ0v) is 13.3. The largest absolute Gasteiger partial charge is 0.323 e. The molecule has 0 heterocycles. The predicted octanol–water partition coefficient (Wildman–Crippen LogP) is 5.61. The van der Waals surface area contributed by atoms with Gasteiger partial charge in [0.25, 0.3) is 0 Å². The van der Waals surface area contributed by atoms with Gasteiger partial charge in [0, 0.05) is 11.1 Å². The molecule has 23 heavy (non-hydrogen) atoms. The van der Waals surface area contributed by atoms with E-state index in [-0.39, 0.29) is 6.03 Å². The highest BCUT2D eigenvalue weighted by Gasteiger charge is 2.10. The van der Waals surface area contributed by atoms with Crippen molar-refractivity contribution in [3.8, 4) is 0 Å². The van der Waals surface area contributed by atoms with E-state index in [4.69, 9.17) is 0 Å². The van der Waals surface area contributed by atoms with E-state index in [1.807, 2.05) is 66.7 Å². The van der Waals surface area contributed by atoms with Crippen molar-refractivity contribution in [2.24, 2.45) is 0 Å². The minimum Gasteiger partial charge on any atom is -0.307 e. The highest BCUT2D eigenvalue weighted by molar-refractivity contribution is 6.06. The number of hydrogen-bond acceptors (Lipinski definition) is 1. The Labute approximate surface area is 136 Å². The Bertz CT molecular complexity index is 834. The van der Waals surface area contributed by atoms with E-state index < -0.39 is 0 Å². The first-order chi connectivity index (χ1) is 11.1. The summed E-state index contributed by atoms with van der Waals surface area (Å²) in [6.07, 6.45) is 0. The quantitative estimate of drug-likeness (QED) is 0.649. The van der Waals surface area contributed by atoms with Crippen LogP contribution < -0.4 is 10.6 Å². The van der Waals surface area contributed by atoms with Crippen molar-refractivity contribution in [3.63, 3.8) is 0 Å². The molecule has 3 aromatic carbocycles. The van der Waals surface area contributed by atoms with Crippen LogP contribution in [0.25, 0.3) is 10.8 Å². The number of hydrogen-bond donors (Lipinski definition) is 2. The highest BCUT2D eigenvalue weighted by Crippen LogP contribution is 2.25. The molecular formula is C20H20N2O. The van der Waals surface area contributed by atoms with E-state index in [0.29, 0.717) is 5.92 Å². The van der Waals surface area contributed by atoms with E-state index in [1.54, 1.807) is 0 Å². The van der Waals surface area contributed by atoms with Crippen LogP contribution in [0.3, 0.4) is 0 Å². The van der Waals surface area contributed by atoms with Crippen molar-refractivity contribution >= 4 is 28.2 Å². The maximum absolute atomic E-state index is 12.4. The summed E-state index contributed by atoms with van der Waals surface area (Å²) < 4.78 is 0. The molecule has 3 aromatic rings. The number of carbonyl (C=O) groups is 1. The van der Waals surface area contributed by atoms with Gasteiger partial charge in [0.2, 0.25) is 0 Å². The molecule has 0 unspecified atom stereocenters. The lowest BCUT2D eigenvalue weighted by Gasteiger charge is -2.15. The lowest BCUT2D eigenvalue weighted by Crippen LogP contribution is -2.20. The first-order valence-electron chi connectivity index (χ1n) is 7.80. The number of nitrogens with one attached hydrogen (secondary N) is 2. The highest BCUT2D eigenvalue weighted by atomic mass is 16.2. The first kappa shape index (κ1) is 15.1. The van der Waals surface area contributed by atoms with Crippen molar-refractivity contribution in [1.29, 1.82) is 0 Å². The molecule has 2 N–H and O–H groups in total. The van der Waals surface area contributed by atoms with E-state index in [0.717, 1.165) is 27.7 Å². The van der Waals surface area contributed by atoms with Crippen molar-refractivity contribution in [1.82, 2.24) is 0 Å². The minimum absolute atomic E-state index is 0.227. The van der Waals surface area contributed by atoms with Crippen LogP contribution in [0.2, 0.25) is 0 Å². The average molecular weight is 304 g/mol. The van der Waals surface area contributed by atoms with Gasteiger partial charge < -0.3 is 10.6 Å². The Morgan fingerprint density at radius 2 is 1.39 bits per heavy atom. The van der Waals surface area contributed by atoms with Crippen LogP contribution in [0.15, 0.2) is 66.7 Å². The van der Waals surface area contributed by atoms with E-state index in [2.05, 4.69) is 24.5 Å². The van der Waals surface area contributed by atoms with Gasteiger partial charge in [0.05, 0.1) is 5.69 Å². The molecule has 0 saturated carbocycles. The van der Waals surface area contributed by atoms with Gasteiger partial charge >= 0.3 is 6.03 Å². The number of para-hydroxylation sites is 1. The van der Waals surface area contributed by atoms with Crippen molar-refractivity contribution < 1.29 is 4.79 Å². The van der Waals surface area contributed by atoms with Crippen molar-refractivity contribution in [2.75, 3.05) is 10.6 Å². The molecule has 0 spiro atoms. The Kier molecular flexibility index (Phi) is 4.29. The fraction of sp³-hybridized carbons (Fsp3) is 0.150. The Morgan fingerprint density at radius 1 is 0.783 bits per heavy atom. The Hall–Kier alpha value is -2.81. The summed E-state index contributed by atoms with van der Waals surface area (Å²) in [4.78, 5) is 12.4. The second kappa shape index (κ2) is 6.53. The summed E-state index contributed by atoms with van der Waals surface area (Å²) >= 11 is 0. The molecule has 3 heteroatoms. The van der Waals surface area contributed by atoms with Crippen LogP contribution in [0.4, 0.5) is 16.2 Å².